The van der Waals surface area contributed by atoms with Crippen molar-refractivity contribution in [2.45, 2.75) is 11.1 Å². The molecule has 0 radical (unpaired) electrons. The highest BCUT2D eigenvalue weighted by Gasteiger charge is 2.36. The second kappa shape index (κ2) is 6.61. The van der Waals surface area contributed by atoms with E-state index >= 15 is 0 Å². The molecule has 2 aromatic rings. The van der Waals surface area contributed by atoms with E-state index in [9.17, 15) is 21.6 Å². The van der Waals surface area contributed by atoms with Crippen LogP contribution in [-0.4, -0.2) is 25.5 Å². The van der Waals surface area contributed by atoms with Gasteiger partial charge in [-0.2, -0.15) is 18.2 Å². The van der Waals surface area contributed by atoms with E-state index in [0.29, 0.717) is 6.07 Å². The number of halogens is 5. The molecule has 24 heavy (non-hydrogen) atoms. The highest BCUT2D eigenvalue weighted by molar-refractivity contribution is 7.92. The first kappa shape index (κ1) is 18.6. The fourth-order valence-electron chi connectivity index (χ4n) is 1.68. The van der Waals surface area contributed by atoms with Crippen molar-refractivity contribution >= 4 is 39.0 Å². The second-order valence-electron chi connectivity index (χ2n) is 4.27. The third-order valence-electron chi connectivity index (χ3n) is 2.69. The van der Waals surface area contributed by atoms with E-state index in [-0.39, 0.29) is 16.9 Å². The van der Waals surface area contributed by atoms with Crippen molar-refractivity contribution in [1.82, 2.24) is 9.97 Å². The summed E-state index contributed by atoms with van der Waals surface area (Å²) in [5.74, 6) is -0.607. The van der Waals surface area contributed by atoms with Crippen molar-refractivity contribution in [2.24, 2.45) is 0 Å². The van der Waals surface area contributed by atoms with Crippen LogP contribution in [0.15, 0.2) is 29.3 Å². The highest BCUT2D eigenvalue weighted by Crippen LogP contribution is 2.38. The lowest BCUT2D eigenvalue weighted by Gasteiger charge is -2.14. The number of rotatable bonds is 4. The maximum atomic E-state index is 12.9. The number of hydrogen-bond acceptors (Lipinski definition) is 5. The number of nitrogens with zero attached hydrogens (tertiary/aromatic N) is 2. The molecule has 2 rings (SSSR count). The Morgan fingerprint density at radius 3 is 2.50 bits per heavy atom. The average Bonchev–Trinajstić information content (AvgIpc) is 2.47. The Hall–Kier alpha value is -1.78. The molecule has 0 saturated carbocycles. The van der Waals surface area contributed by atoms with Gasteiger partial charge in [-0.1, -0.05) is 29.3 Å². The van der Waals surface area contributed by atoms with Gasteiger partial charge in [-0.25, -0.2) is 13.4 Å². The Morgan fingerprint density at radius 2 is 1.92 bits per heavy atom. The Bertz CT molecular complexity index is 876. The van der Waals surface area contributed by atoms with Gasteiger partial charge in [0.2, 0.25) is 5.82 Å². The molecule has 0 aliphatic carbocycles. The predicted molar refractivity (Wildman–Crippen MR) is 80.9 cm³/mol. The smallest absolute Gasteiger partial charge is 0.417 e. The maximum absolute atomic E-state index is 12.9. The molecule has 0 amide bonds. The van der Waals surface area contributed by atoms with Gasteiger partial charge < -0.3 is 4.74 Å². The second-order valence-corrected chi connectivity index (χ2v) is 6.69. The Morgan fingerprint density at radius 1 is 1.25 bits per heavy atom. The predicted octanol–water partition coefficient (Wildman–Crippen LogP) is 3.61. The fourth-order valence-corrected chi connectivity index (χ4v) is 3.46. The number of nitrogens with one attached hydrogen (secondary N) is 1. The van der Waals surface area contributed by atoms with Gasteiger partial charge in [0.25, 0.3) is 15.9 Å². The summed E-state index contributed by atoms with van der Waals surface area (Å²) in [4.78, 5) is 6.61. The van der Waals surface area contributed by atoms with Gasteiger partial charge in [-0.15, -0.1) is 0 Å². The summed E-state index contributed by atoms with van der Waals surface area (Å²) in [6.45, 7) is 0. The van der Waals surface area contributed by atoms with E-state index in [1.807, 2.05) is 4.72 Å². The number of hydrogen-bond donors (Lipinski definition) is 1. The number of aromatic nitrogens is 2. The van der Waals surface area contributed by atoms with Crippen LogP contribution in [0.1, 0.15) is 5.56 Å². The van der Waals surface area contributed by atoms with Crippen LogP contribution in [-0.2, 0) is 16.2 Å². The zero-order valence-corrected chi connectivity index (χ0v) is 14.1. The molecule has 1 aromatic carbocycles. The lowest BCUT2D eigenvalue weighted by atomic mass is 10.2. The lowest BCUT2D eigenvalue weighted by Crippen LogP contribution is -2.17. The molecular weight excluding hydrogens is 394 g/mol. The van der Waals surface area contributed by atoms with Crippen LogP contribution in [0.3, 0.4) is 0 Å². The molecule has 1 N–H and O–H groups in total. The first-order valence-electron chi connectivity index (χ1n) is 6.01. The zero-order valence-electron chi connectivity index (χ0n) is 11.7. The van der Waals surface area contributed by atoms with Gasteiger partial charge in [0.05, 0.1) is 23.9 Å². The molecule has 0 spiro atoms. The first-order valence-corrected chi connectivity index (χ1v) is 8.25. The van der Waals surface area contributed by atoms with Crippen molar-refractivity contribution in [3.63, 3.8) is 0 Å². The molecule has 0 aliphatic heterocycles. The molecule has 1 aromatic heterocycles. The van der Waals surface area contributed by atoms with Crippen molar-refractivity contribution < 1.29 is 26.3 Å². The Balaban J connectivity index is 2.50. The van der Waals surface area contributed by atoms with E-state index in [1.165, 1.54) is 7.11 Å². The number of benzene rings is 1. The van der Waals surface area contributed by atoms with Crippen molar-refractivity contribution in [1.29, 1.82) is 0 Å². The molecule has 0 saturated heterocycles. The SMILES string of the molecule is COc1nc(Cl)cnc1NS(=O)(=O)c1cccc(C(F)(F)F)c1Cl. The molecule has 130 valence electrons. The first-order chi connectivity index (χ1) is 11.1. The van der Waals surface area contributed by atoms with Crippen molar-refractivity contribution in [2.75, 3.05) is 11.8 Å². The Kier molecular flexibility index (Phi) is 5.11. The molecule has 1 heterocycles. The van der Waals surface area contributed by atoms with Crippen LogP contribution in [0.2, 0.25) is 10.2 Å². The molecule has 0 atom stereocenters. The van der Waals surface area contributed by atoms with Crippen LogP contribution >= 0.6 is 23.2 Å². The molecule has 12 heteroatoms. The van der Waals surface area contributed by atoms with Gasteiger partial charge in [-0.3, -0.25) is 4.72 Å². The fraction of sp³-hybridized carbons (Fsp3) is 0.167. The van der Waals surface area contributed by atoms with Crippen LogP contribution in [0, 0.1) is 0 Å². The third-order valence-corrected chi connectivity index (χ3v) is 4.78. The number of anilines is 1. The van der Waals surface area contributed by atoms with Gasteiger partial charge in [0.1, 0.15) is 4.90 Å². The summed E-state index contributed by atoms with van der Waals surface area (Å²) in [5.41, 5.74) is -1.28. The minimum Gasteiger partial charge on any atom is -0.478 e. The van der Waals surface area contributed by atoms with Crippen LogP contribution in [0.5, 0.6) is 5.88 Å². The summed E-state index contributed by atoms with van der Waals surface area (Å²) in [6.07, 6.45) is -3.77. The topological polar surface area (TPSA) is 81.2 Å². The van der Waals surface area contributed by atoms with Crippen molar-refractivity contribution in [3.05, 3.63) is 40.1 Å². The Labute approximate surface area is 144 Å². The van der Waals surface area contributed by atoms with Crippen molar-refractivity contribution in [3.8, 4) is 5.88 Å². The van der Waals surface area contributed by atoms with Gasteiger partial charge in [-0.05, 0) is 12.1 Å². The van der Waals surface area contributed by atoms with Crippen LogP contribution < -0.4 is 9.46 Å². The normalized spacial score (nSPS) is 12.1. The highest BCUT2D eigenvalue weighted by atomic mass is 35.5. The maximum Gasteiger partial charge on any atom is 0.417 e. The molecular formula is C12H8Cl2F3N3O3S. The quantitative estimate of drug-likeness (QED) is 0.845. The largest absolute Gasteiger partial charge is 0.478 e. The molecule has 0 unspecified atom stereocenters. The van der Waals surface area contributed by atoms with E-state index in [1.54, 1.807) is 0 Å². The monoisotopic (exact) mass is 401 g/mol. The van der Waals surface area contributed by atoms with E-state index in [2.05, 4.69) is 9.97 Å². The summed E-state index contributed by atoms with van der Waals surface area (Å²) in [5, 5.41) is -1.02. The van der Waals surface area contributed by atoms with Gasteiger partial charge in [0, 0.05) is 0 Å². The summed E-state index contributed by atoms with van der Waals surface area (Å²) >= 11 is 11.2. The summed E-state index contributed by atoms with van der Waals surface area (Å²) < 4.78 is 70.0. The molecule has 0 bridgehead atoms. The van der Waals surface area contributed by atoms with Crippen LogP contribution in [0.25, 0.3) is 0 Å². The lowest BCUT2D eigenvalue weighted by molar-refractivity contribution is -0.137. The molecule has 6 nitrogen and oxygen atoms in total. The van der Waals surface area contributed by atoms with Gasteiger partial charge >= 0.3 is 6.18 Å². The number of ether oxygens (including phenoxy) is 1. The minimum absolute atomic E-state index is 0.0631. The third kappa shape index (κ3) is 3.82. The average molecular weight is 402 g/mol. The number of sulfonamides is 1. The number of alkyl halides is 3. The summed E-state index contributed by atoms with van der Waals surface area (Å²) in [7, 11) is -3.29. The zero-order chi connectivity index (χ0) is 18.1. The molecule has 0 aliphatic rings. The van der Waals surface area contributed by atoms with Gasteiger partial charge in [0.15, 0.2) is 5.15 Å². The van der Waals surface area contributed by atoms with E-state index in [0.717, 1.165) is 18.3 Å². The number of methoxy groups -OCH3 is 1. The minimum atomic E-state index is -4.81. The molecule has 0 fully saturated rings. The summed E-state index contributed by atoms with van der Waals surface area (Å²) in [6, 6.07) is 2.52. The standard InChI is InChI=1S/C12H8Cl2F3N3O3S/c1-23-11-10(18-5-8(13)19-11)20-24(21,22)7-4-2-3-6(9(7)14)12(15,16)17/h2-5H,1H3,(H,18,20). The van der Waals surface area contributed by atoms with E-state index < -0.39 is 31.7 Å². The van der Waals surface area contributed by atoms with Crippen LogP contribution in [0.4, 0.5) is 19.0 Å². The van der Waals surface area contributed by atoms with E-state index in [4.69, 9.17) is 27.9 Å².